The van der Waals surface area contributed by atoms with E-state index >= 15 is 0 Å². The molecule has 1 aliphatic heterocycles. The van der Waals surface area contributed by atoms with Crippen molar-refractivity contribution in [2.45, 2.75) is 5.41 Å². The third-order valence-corrected chi connectivity index (χ3v) is 9.97. The van der Waals surface area contributed by atoms with Crippen LogP contribution >= 0.6 is 0 Å². The predicted molar refractivity (Wildman–Crippen MR) is 193 cm³/mol. The third kappa shape index (κ3) is 3.76. The molecule has 8 aromatic rings. The Bertz CT molecular complexity index is 2510. The number of rotatable bonds is 2. The molecule has 0 saturated heterocycles. The normalized spacial score (nSPS) is 13.3. The molecule has 48 heavy (non-hydrogen) atoms. The molecule has 10 rings (SSSR count). The summed E-state index contributed by atoms with van der Waals surface area (Å²) in [6, 6.07) is 60.2. The highest BCUT2D eigenvalue weighted by molar-refractivity contribution is 5.96. The molecule has 224 valence electrons. The summed E-state index contributed by atoms with van der Waals surface area (Å²) in [5.41, 5.74) is 12.7. The number of hydrogen-bond acceptors (Lipinski definition) is 3. The van der Waals surface area contributed by atoms with E-state index in [0.29, 0.717) is 5.82 Å². The summed E-state index contributed by atoms with van der Waals surface area (Å²) >= 11 is 0. The fraction of sp³-hybridized carbons (Fsp3) is 0.0222. The lowest BCUT2D eigenvalue weighted by Gasteiger charge is -2.42. The molecule has 2 aliphatic rings. The van der Waals surface area contributed by atoms with E-state index in [1.165, 1.54) is 33.4 Å². The van der Waals surface area contributed by atoms with Crippen molar-refractivity contribution in [2.75, 3.05) is 0 Å². The van der Waals surface area contributed by atoms with Crippen LogP contribution in [0.1, 0.15) is 22.3 Å². The minimum atomic E-state index is -0.675. The molecular formula is C45H28N2O. The first kappa shape index (κ1) is 26.9. The van der Waals surface area contributed by atoms with Gasteiger partial charge in [0, 0.05) is 27.6 Å². The highest BCUT2D eigenvalue weighted by Gasteiger charge is 2.49. The van der Waals surface area contributed by atoms with Crippen molar-refractivity contribution in [3.63, 3.8) is 0 Å². The molecule has 0 amide bonds. The molecule has 0 fully saturated rings. The quantitative estimate of drug-likeness (QED) is 0.195. The van der Waals surface area contributed by atoms with Crippen LogP contribution in [-0.2, 0) is 5.41 Å². The van der Waals surface area contributed by atoms with Crippen LogP contribution in [0, 0.1) is 0 Å². The van der Waals surface area contributed by atoms with Gasteiger partial charge in [-0.1, -0.05) is 146 Å². The van der Waals surface area contributed by atoms with Crippen molar-refractivity contribution in [1.29, 1.82) is 0 Å². The van der Waals surface area contributed by atoms with Crippen LogP contribution in [-0.4, -0.2) is 9.97 Å². The number of aromatic nitrogens is 2. The maximum Gasteiger partial charge on any atom is 0.160 e. The molecule has 3 nitrogen and oxygen atoms in total. The lowest BCUT2D eigenvalue weighted by atomic mass is 9.62. The van der Waals surface area contributed by atoms with Crippen LogP contribution in [0.2, 0.25) is 0 Å². The molecule has 0 atom stereocenters. The maximum atomic E-state index is 6.66. The summed E-state index contributed by atoms with van der Waals surface area (Å²) in [7, 11) is 0. The molecule has 0 bridgehead atoms. The second-order valence-electron chi connectivity index (χ2n) is 12.5. The lowest BCUT2D eigenvalue weighted by molar-refractivity contribution is 0.435. The average Bonchev–Trinajstić information content (AvgIpc) is 3.26. The smallest absolute Gasteiger partial charge is 0.160 e. The molecule has 0 N–H and O–H groups in total. The number of ether oxygens (including phenoxy) is 1. The minimum Gasteiger partial charge on any atom is -0.457 e. The molecule has 7 aromatic carbocycles. The van der Waals surface area contributed by atoms with Crippen molar-refractivity contribution < 1.29 is 4.74 Å². The molecule has 1 aliphatic carbocycles. The Morgan fingerprint density at radius 3 is 1.69 bits per heavy atom. The number of hydrogen-bond donors (Lipinski definition) is 0. The SMILES string of the molecule is c1ccc(-c2nc(-c3ccc4c(c3)C3(c5ccccc5Oc5ccccc53)c3ccccc3-c3ccccc3-4)nc3ccccc23)cc1. The zero-order valence-corrected chi connectivity index (χ0v) is 26.0. The van der Waals surface area contributed by atoms with Crippen LogP contribution in [0.25, 0.3) is 55.8 Å². The van der Waals surface area contributed by atoms with Crippen molar-refractivity contribution in [2.24, 2.45) is 0 Å². The monoisotopic (exact) mass is 612 g/mol. The lowest BCUT2D eigenvalue weighted by Crippen LogP contribution is -2.34. The second-order valence-corrected chi connectivity index (χ2v) is 12.5. The minimum absolute atomic E-state index is 0.675. The first-order valence-electron chi connectivity index (χ1n) is 16.3. The predicted octanol–water partition coefficient (Wildman–Crippen LogP) is 11.1. The molecule has 3 heteroatoms. The fourth-order valence-corrected chi connectivity index (χ4v) is 7.97. The maximum absolute atomic E-state index is 6.66. The van der Waals surface area contributed by atoms with E-state index in [1.807, 2.05) is 12.1 Å². The van der Waals surface area contributed by atoms with Crippen LogP contribution in [0.4, 0.5) is 0 Å². The topological polar surface area (TPSA) is 35.0 Å². The summed E-state index contributed by atoms with van der Waals surface area (Å²) in [5.74, 6) is 2.42. The van der Waals surface area contributed by atoms with Gasteiger partial charge in [-0.2, -0.15) is 0 Å². The number of fused-ring (bicyclic) bond motifs is 12. The first-order chi connectivity index (χ1) is 23.8. The second kappa shape index (κ2) is 10.3. The van der Waals surface area contributed by atoms with Gasteiger partial charge in [-0.3, -0.25) is 0 Å². The Kier molecular flexibility index (Phi) is 5.79. The van der Waals surface area contributed by atoms with Crippen molar-refractivity contribution in [3.05, 3.63) is 192 Å². The summed E-state index contributed by atoms with van der Waals surface area (Å²) in [4.78, 5) is 10.5. The molecule has 0 radical (unpaired) electrons. The average molecular weight is 613 g/mol. The van der Waals surface area contributed by atoms with Gasteiger partial charge in [-0.15, -0.1) is 0 Å². The van der Waals surface area contributed by atoms with E-state index in [9.17, 15) is 0 Å². The van der Waals surface area contributed by atoms with Crippen molar-refractivity contribution in [3.8, 4) is 56.4 Å². The van der Waals surface area contributed by atoms with Crippen molar-refractivity contribution in [1.82, 2.24) is 9.97 Å². The van der Waals surface area contributed by atoms with Gasteiger partial charge in [0.05, 0.1) is 16.6 Å². The van der Waals surface area contributed by atoms with Gasteiger partial charge in [0.15, 0.2) is 5.82 Å². The van der Waals surface area contributed by atoms with E-state index in [0.717, 1.165) is 50.3 Å². The van der Waals surface area contributed by atoms with E-state index in [4.69, 9.17) is 14.7 Å². The highest BCUT2D eigenvalue weighted by atomic mass is 16.5. The summed E-state index contributed by atoms with van der Waals surface area (Å²) in [5, 5.41) is 1.04. The molecule has 0 saturated carbocycles. The van der Waals surface area contributed by atoms with E-state index in [2.05, 4.69) is 158 Å². The molecule has 0 unspecified atom stereocenters. The summed E-state index contributed by atoms with van der Waals surface area (Å²) < 4.78 is 6.66. The highest BCUT2D eigenvalue weighted by Crippen LogP contribution is 2.61. The molecule has 2 heterocycles. The molecule has 1 spiro atoms. The number of para-hydroxylation sites is 3. The van der Waals surface area contributed by atoms with Crippen LogP contribution in [0.15, 0.2) is 170 Å². The Morgan fingerprint density at radius 2 is 0.958 bits per heavy atom. The Hall–Kier alpha value is -6.32. The molecule has 1 aromatic heterocycles. The largest absolute Gasteiger partial charge is 0.457 e. The van der Waals surface area contributed by atoms with Gasteiger partial charge >= 0.3 is 0 Å². The van der Waals surface area contributed by atoms with Crippen LogP contribution in [0.5, 0.6) is 11.5 Å². The summed E-state index contributed by atoms with van der Waals surface area (Å²) in [6.45, 7) is 0. The van der Waals surface area contributed by atoms with Crippen molar-refractivity contribution >= 4 is 10.9 Å². The Balaban J connectivity index is 1.35. The number of nitrogens with zero attached hydrogens (tertiary/aromatic N) is 2. The van der Waals surface area contributed by atoms with Gasteiger partial charge in [-0.05, 0) is 57.6 Å². The zero-order chi connectivity index (χ0) is 31.7. The summed E-state index contributed by atoms with van der Waals surface area (Å²) in [6.07, 6.45) is 0. The van der Waals surface area contributed by atoms with Gasteiger partial charge < -0.3 is 4.74 Å². The fourth-order valence-electron chi connectivity index (χ4n) is 7.97. The number of benzene rings is 7. The van der Waals surface area contributed by atoms with E-state index in [-0.39, 0.29) is 0 Å². The van der Waals surface area contributed by atoms with Gasteiger partial charge in [-0.25, -0.2) is 9.97 Å². The Morgan fingerprint density at radius 1 is 0.396 bits per heavy atom. The Labute approximate surface area is 278 Å². The van der Waals surface area contributed by atoms with Gasteiger partial charge in [0.2, 0.25) is 0 Å². The van der Waals surface area contributed by atoms with E-state index < -0.39 is 5.41 Å². The third-order valence-electron chi connectivity index (χ3n) is 9.97. The standard InChI is InChI=1S/C45H28N2O/c1-2-14-29(15-3-1)43-35-19-7-11-23-40(35)46-44(47-43)30-26-27-34-32-17-5-4-16-31(32)33-18-6-8-20-36(33)45(39(34)28-30)37-21-9-12-24-41(37)48-42-25-13-10-22-38(42)45/h1-28H. The molecular weight excluding hydrogens is 585 g/mol. The zero-order valence-electron chi connectivity index (χ0n) is 26.0. The van der Waals surface area contributed by atoms with Crippen LogP contribution in [0.3, 0.4) is 0 Å². The van der Waals surface area contributed by atoms with Gasteiger partial charge in [0.25, 0.3) is 0 Å². The van der Waals surface area contributed by atoms with Crippen LogP contribution < -0.4 is 4.74 Å². The first-order valence-corrected chi connectivity index (χ1v) is 16.3. The van der Waals surface area contributed by atoms with E-state index in [1.54, 1.807) is 0 Å². The van der Waals surface area contributed by atoms with Gasteiger partial charge in [0.1, 0.15) is 11.5 Å².